The molecular weight excluding hydrogens is 272 g/mol. The summed E-state index contributed by atoms with van der Waals surface area (Å²) in [4.78, 5) is 16.1. The van der Waals surface area contributed by atoms with E-state index < -0.39 is 6.10 Å². The van der Waals surface area contributed by atoms with Crippen molar-refractivity contribution in [1.82, 2.24) is 20.2 Å². The minimum absolute atomic E-state index is 0.0355. The lowest BCUT2D eigenvalue weighted by Crippen LogP contribution is -2.50. The van der Waals surface area contributed by atoms with Gasteiger partial charge >= 0.3 is 0 Å². The first-order valence-corrected chi connectivity index (χ1v) is 7.47. The molecule has 0 aliphatic carbocycles. The van der Waals surface area contributed by atoms with E-state index >= 15 is 0 Å². The Morgan fingerprint density at radius 1 is 1.57 bits per heavy atom. The minimum Gasteiger partial charge on any atom is -0.370 e. The number of hydrogen-bond donors (Lipinski definition) is 2. The highest BCUT2D eigenvalue weighted by Crippen LogP contribution is 2.29. The van der Waals surface area contributed by atoms with Crippen LogP contribution in [-0.4, -0.2) is 60.0 Å². The fourth-order valence-electron chi connectivity index (χ4n) is 2.81. The van der Waals surface area contributed by atoms with Gasteiger partial charge in [0.2, 0.25) is 5.91 Å². The molecule has 2 fully saturated rings. The van der Waals surface area contributed by atoms with Crippen LogP contribution in [0.25, 0.3) is 0 Å². The van der Waals surface area contributed by atoms with Gasteiger partial charge in [-0.25, -0.2) is 4.98 Å². The molecule has 0 bridgehead atoms. The van der Waals surface area contributed by atoms with E-state index in [1.807, 2.05) is 10.8 Å². The van der Waals surface area contributed by atoms with Crippen LogP contribution in [-0.2, 0) is 20.8 Å². The molecule has 0 radical (unpaired) electrons. The maximum absolute atomic E-state index is 12.1. The molecule has 3 rings (SSSR count). The van der Waals surface area contributed by atoms with Gasteiger partial charge in [0.15, 0.2) is 0 Å². The topological polar surface area (TPSA) is 77.4 Å². The van der Waals surface area contributed by atoms with Gasteiger partial charge in [0.05, 0.1) is 19.5 Å². The molecule has 7 nitrogen and oxygen atoms in total. The van der Waals surface area contributed by atoms with Crippen molar-refractivity contribution in [1.29, 1.82) is 0 Å². The van der Waals surface area contributed by atoms with Crippen LogP contribution >= 0.6 is 0 Å². The Labute approximate surface area is 124 Å². The standard InChI is InChI=1S/C14H22N4O3/c19-13(17-2-1-5-18-6-3-16-11-18)12-8-14(10-20-12)9-15-4-7-21-14/h3,6,11-12,15H,1-2,4-5,7-10H2,(H,17,19). The first kappa shape index (κ1) is 14.5. The lowest BCUT2D eigenvalue weighted by molar-refractivity contribution is -0.130. The van der Waals surface area contributed by atoms with Crippen LogP contribution in [0.15, 0.2) is 18.7 Å². The lowest BCUT2D eigenvalue weighted by Gasteiger charge is -2.32. The SMILES string of the molecule is O=C(NCCCn1ccnc1)C1CC2(CNCCO2)CO1. The molecule has 2 N–H and O–H groups in total. The molecule has 2 aliphatic rings. The number of hydrogen-bond acceptors (Lipinski definition) is 5. The number of ether oxygens (including phenoxy) is 2. The Kier molecular flexibility index (Phi) is 4.52. The Morgan fingerprint density at radius 3 is 3.29 bits per heavy atom. The van der Waals surface area contributed by atoms with Crippen LogP contribution in [0.3, 0.4) is 0 Å². The number of rotatable bonds is 5. The molecule has 1 aromatic heterocycles. The number of amides is 1. The summed E-state index contributed by atoms with van der Waals surface area (Å²) >= 11 is 0. The van der Waals surface area contributed by atoms with Crippen molar-refractivity contribution in [2.45, 2.75) is 31.1 Å². The number of morpholine rings is 1. The van der Waals surface area contributed by atoms with Crippen molar-refractivity contribution >= 4 is 5.91 Å². The average molecular weight is 294 g/mol. The second-order valence-electron chi connectivity index (χ2n) is 5.66. The maximum atomic E-state index is 12.1. The Bertz CT molecular complexity index is 457. The zero-order valence-electron chi connectivity index (χ0n) is 12.1. The summed E-state index contributed by atoms with van der Waals surface area (Å²) in [7, 11) is 0. The van der Waals surface area contributed by atoms with E-state index in [4.69, 9.17) is 9.47 Å². The van der Waals surface area contributed by atoms with Gasteiger partial charge < -0.3 is 24.7 Å². The molecule has 2 aliphatic heterocycles. The van der Waals surface area contributed by atoms with Crippen molar-refractivity contribution < 1.29 is 14.3 Å². The quantitative estimate of drug-likeness (QED) is 0.719. The van der Waals surface area contributed by atoms with Crippen LogP contribution in [0.2, 0.25) is 0 Å². The summed E-state index contributed by atoms with van der Waals surface area (Å²) in [5, 5.41) is 6.23. The highest BCUT2D eigenvalue weighted by Gasteiger charge is 2.44. The third-order valence-corrected chi connectivity index (χ3v) is 3.98. The number of aryl methyl sites for hydroxylation is 1. The van der Waals surface area contributed by atoms with Crippen molar-refractivity contribution in [3.05, 3.63) is 18.7 Å². The second kappa shape index (κ2) is 6.55. The van der Waals surface area contributed by atoms with Gasteiger partial charge in [-0.15, -0.1) is 0 Å². The number of nitrogens with zero attached hydrogens (tertiary/aromatic N) is 2. The summed E-state index contributed by atoms with van der Waals surface area (Å²) in [5.41, 5.74) is -0.308. The lowest BCUT2D eigenvalue weighted by atomic mass is 9.98. The average Bonchev–Trinajstić information content (AvgIpc) is 3.15. The third kappa shape index (κ3) is 3.61. The zero-order valence-corrected chi connectivity index (χ0v) is 12.1. The molecular formula is C14H22N4O3. The first-order valence-electron chi connectivity index (χ1n) is 7.47. The maximum Gasteiger partial charge on any atom is 0.249 e. The van der Waals surface area contributed by atoms with Gasteiger partial charge in [-0.05, 0) is 6.42 Å². The molecule has 0 aromatic carbocycles. The molecule has 2 atom stereocenters. The number of aromatic nitrogens is 2. The van der Waals surface area contributed by atoms with E-state index in [9.17, 15) is 4.79 Å². The van der Waals surface area contributed by atoms with E-state index in [-0.39, 0.29) is 11.5 Å². The van der Waals surface area contributed by atoms with Crippen LogP contribution < -0.4 is 10.6 Å². The van der Waals surface area contributed by atoms with Gasteiger partial charge in [0, 0.05) is 45.0 Å². The molecule has 2 unspecified atom stereocenters. The summed E-state index contributed by atoms with van der Waals surface area (Å²) < 4.78 is 13.4. The second-order valence-corrected chi connectivity index (χ2v) is 5.66. The zero-order chi connectivity index (χ0) is 14.5. The van der Waals surface area contributed by atoms with Crippen molar-refractivity contribution in [2.75, 3.05) is 32.8 Å². The highest BCUT2D eigenvalue weighted by molar-refractivity contribution is 5.81. The van der Waals surface area contributed by atoms with Crippen molar-refractivity contribution in [3.63, 3.8) is 0 Å². The van der Waals surface area contributed by atoms with Crippen LogP contribution in [0.1, 0.15) is 12.8 Å². The van der Waals surface area contributed by atoms with E-state index in [1.165, 1.54) is 0 Å². The fourth-order valence-corrected chi connectivity index (χ4v) is 2.81. The van der Waals surface area contributed by atoms with Gasteiger partial charge in [-0.1, -0.05) is 0 Å². The van der Waals surface area contributed by atoms with Crippen molar-refractivity contribution in [2.24, 2.45) is 0 Å². The van der Waals surface area contributed by atoms with Crippen LogP contribution in [0.5, 0.6) is 0 Å². The van der Waals surface area contributed by atoms with Gasteiger partial charge in [0.1, 0.15) is 11.7 Å². The number of carbonyl (C=O) groups excluding carboxylic acids is 1. The Hall–Kier alpha value is -1.44. The summed E-state index contributed by atoms with van der Waals surface area (Å²) in [6.45, 7) is 4.30. The summed E-state index contributed by atoms with van der Waals surface area (Å²) in [6, 6.07) is 0. The van der Waals surface area contributed by atoms with E-state index in [1.54, 1.807) is 12.5 Å². The summed E-state index contributed by atoms with van der Waals surface area (Å²) in [5.74, 6) is -0.0355. The van der Waals surface area contributed by atoms with Gasteiger partial charge in [0.25, 0.3) is 0 Å². The van der Waals surface area contributed by atoms with Crippen LogP contribution in [0, 0.1) is 0 Å². The fraction of sp³-hybridized carbons (Fsp3) is 0.714. The number of nitrogens with one attached hydrogen (secondary N) is 2. The molecule has 1 spiro atoms. The number of carbonyl (C=O) groups is 1. The Morgan fingerprint density at radius 2 is 2.52 bits per heavy atom. The monoisotopic (exact) mass is 294 g/mol. The van der Waals surface area contributed by atoms with E-state index in [0.717, 1.165) is 26.1 Å². The predicted octanol–water partition coefficient (Wildman–Crippen LogP) is -0.463. The highest BCUT2D eigenvalue weighted by atomic mass is 16.6. The normalized spacial score (nSPS) is 28.9. The van der Waals surface area contributed by atoms with Gasteiger partial charge in [-0.3, -0.25) is 4.79 Å². The molecule has 2 saturated heterocycles. The molecule has 0 saturated carbocycles. The van der Waals surface area contributed by atoms with E-state index in [0.29, 0.717) is 26.2 Å². The molecule has 3 heterocycles. The molecule has 1 amide bonds. The first-order chi connectivity index (χ1) is 10.3. The minimum atomic E-state index is -0.391. The number of imidazole rings is 1. The largest absolute Gasteiger partial charge is 0.370 e. The predicted molar refractivity (Wildman–Crippen MR) is 75.8 cm³/mol. The molecule has 1 aromatic rings. The molecule has 21 heavy (non-hydrogen) atoms. The molecule has 7 heteroatoms. The summed E-state index contributed by atoms with van der Waals surface area (Å²) in [6.07, 6.45) is 6.56. The van der Waals surface area contributed by atoms with Crippen molar-refractivity contribution in [3.8, 4) is 0 Å². The molecule has 116 valence electrons. The van der Waals surface area contributed by atoms with Gasteiger partial charge in [-0.2, -0.15) is 0 Å². The Balaban J connectivity index is 1.38. The van der Waals surface area contributed by atoms with Crippen LogP contribution in [0.4, 0.5) is 0 Å². The third-order valence-electron chi connectivity index (χ3n) is 3.98. The van der Waals surface area contributed by atoms with E-state index in [2.05, 4.69) is 15.6 Å². The smallest absolute Gasteiger partial charge is 0.249 e.